The van der Waals surface area contributed by atoms with Crippen LogP contribution in [0.25, 0.3) is 0 Å². The molecule has 0 aromatic carbocycles. The van der Waals surface area contributed by atoms with Crippen molar-refractivity contribution in [3.8, 4) is 0 Å². The second-order valence-electron chi connectivity index (χ2n) is 3.33. The molecule has 0 saturated heterocycles. The molecule has 64 valence electrons. The summed E-state index contributed by atoms with van der Waals surface area (Å²) in [4.78, 5) is 10.6. The number of nitrogens with two attached hydrogens (primary N) is 1. The summed E-state index contributed by atoms with van der Waals surface area (Å²) >= 11 is 0. The lowest BCUT2D eigenvalue weighted by Crippen LogP contribution is -2.14. The first-order chi connectivity index (χ1) is 5.21. The topological polar surface area (TPSA) is 63.3 Å². The summed E-state index contributed by atoms with van der Waals surface area (Å²) in [5.74, 6) is -0.616. The van der Waals surface area contributed by atoms with Gasteiger partial charge >= 0.3 is 5.97 Å². The van der Waals surface area contributed by atoms with Gasteiger partial charge in [0.2, 0.25) is 0 Å². The minimum Gasteiger partial charge on any atom is -0.481 e. The Bertz CT molecular complexity index is 152. The Morgan fingerprint density at radius 1 is 1.45 bits per heavy atom. The van der Waals surface area contributed by atoms with E-state index in [1.54, 1.807) is 0 Å². The number of rotatable bonds is 5. The molecule has 0 aliphatic heterocycles. The van der Waals surface area contributed by atoms with Crippen molar-refractivity contribution in [3.63, 3.8) is 0 Å². The van der Waals surface area contributed by atoms with Gasteiger partial charge in [-0.1, -0.05) is 6.42 Å². The van der Waals surface area contributed by atoms with Crippen molar-refractivity contribution in [1.29, 1.82) is 0 Å². The zero-order valence-electron chi connectivity index (χ0n) is 6.68. The summed E-state index contributed by atoms with van der Waals surface area (Å²) in [7, 11) is 0. The van der Waals surface area contributed by atoms with Crippen LogP contribution in [-0.2, 0) is 4.79 Å². The second kappa shape index (κ2) is 3.22. The molecule has 0 unspecified atom stereocenters. The monoisotopic (exact) mass is 157 g/mol. The van der Waals surface area contributed by atoms with Gasteiger partial charge in [-0.2, -0.15) is 0 Å². The smallest absolute Gasteiger partial charge is 0.309 e. The number of hydrogen-bond acceptors (Lipinski definition) is 2. The third-order valence-electron chi connectivity index (χ3n) is 2.42. The van der Waals surface area contributed by atoms with Crippen LogP contribution in [0.1, 0.15) is 32.1 Å². The van der Waals surface area contributed by atoms with Crippen molar-refractivity contribution in [2.45, 2.75) is 32.1 Å². The summed E-state index contributed by atoms with van der Waals surface area (Å²) in [5, 5.41) is 8.77. The quantitative estimate of drug-likeness (QED) is 0.585. The highest BCUT2D eigenvalue weighted by Gasteiger charge is 2.49. The Balaban J connectivity index is 2.20. The molecule has 0 atom stereocenters. The van der Waals surface area contributed by atoms with Gasteiger partial charge in [0, 0.05) is 0 Å². The van der Waals surface area contributed by atoms with Crippen molar-refractivity contribution >= 4 is 5.97 Å². The highest BCUT2D eigenvalue weighted by Crippen LogP contribution is 2.49. The number of carboxylic acids is 1. The third kappa shape index (κ3) is 1.93. The van der Waals surface area contributed by atoms with Crippen LogP contribution in [0.3, 0.4) is 0 Å². The van der Waals surface area contributed by atoms with E-state index in [-0.39, 0.29) is 5.41 Å². The number of carboxylic acid groups (broad SMARTS) is 1. The lowest BCUT2D eigenvalue weighted by atomic mass is 9.99. The first-order valence-corrected chi connectivity index (χ1v) is 4.15. The van der Waals surface area contributed by atoms with Crippen molar-refractivity contribution in [2.75, 3.05) is 6.54 Å². The lowest BCUT2D eigenvalue weighted by molar-refractivity contribution is -0.143. The predicted octanol–water partition coefficient (Wildman–Crippen LogP) is 0.980. The number of unbranched alkanes of at least 4 members (excludes halogenated alkanes) is 1. The predicted molar refractivity (Wildman–Crippen MR) is 42.2 cm³/mol. The van der Waals surface area contributed by atoms with Crippen LogP contribution in [0.15, 0.2) is 0 Å². The molecule has 3 nitrogen and oxygen atoms in total. The minimum atomic E-state index is -0.616. The lowest BCUT2D eigenvalue weighted by Gasteiger charge is -2.07. The van der Waals surface area contributed by atoms with Gasteiger partial charge in [0.15, 0.2) is 0 Å². The van der Waals surface area contributed by atoms with E-state index in [1.165, 1.54) is 0 Å². The van der Waals surface area contributed by atoms with Gasteiger partial charge in [0.1, 0.15) is 0 Å². The van der Waals surface area contributed by atoms with Gasteiger partial charge in [-0.25, -0.2) is 0 Å². The highest BCUT2D eigenvalue weighted by molar-refractivity contribution is 5.77. The van der Waals surface area contributed by atoms with Gasteiger partial charge < -0.3 is 10.8 Å². The van der Waals surface area contributed by atoms with Crippen molar-refractivity contribution < 1.29 is 9.90 Å². The number of aliphatic carboxylic acids is 1. The molecule has 3 N–H and O–H groups in total. The van der Waals surface area contributed by atoms with Crippen molar-refractivity contribution in [3.05, 3.63) is 0 Å². The first-order valence-electron chi connectivity index (χ1n) is 4.15. The molecule has 3 heteroatoms. The SMILES string of the molecule is NCCCCC1(C(=O)O)CC1. The molecule has 1 rings (SSSR count). The Hall–Kier alpha value is -0.570. The summed E-state index contributed by atoms with van der Waals surface area (Å²) in [5.41, 5.74) is 4.97. The zero-order chi connectivity index (χ0) is 8.32. The van der Waals surface area contributed by atoms with Crippen LogP contribution < -0.4 is 5.73 Å². The summed E-state index contributed by atoms with van der Waals surface area (Å²) in [6.45, 7) is 0.676. The van der Waals surface area contributed by atoms with E-state index in [0.29, 0.717) is 6.54 Å². The number of carbonyl (C=O) groups is 1. The fraction of sp³-hybridized carbons (Fsp3) is 0.875. The molecule has 0 spiro atoms. The van der Waals surface area contributed by atoms with E-state index in [4.69, 9.17) is 10.8 Å². The third-order valence-corrected chi connectivity index (χ3v) is 2.42. The molecule has 1 saturated carbocycles. The molecule has 0 aromatic heterocycles. The summed E-state index contributed by atoms with van der Waals surface area (Å²) < 4.78 is 0. The zero-order valence-corrected chi connectivity index (χ0v) is 6.68. The van der Waals surface area contributed by atoms with Crippen LogP contribution >= 0.6 is 0 Å². The molecule has 0 aromatic rings. The Labute approximate surface area is 66.6 Å². The molecule has 0 heterocycles. The Morgan fingerprint density at radius 3 is 2.45 bits per heavy atom. The molecule has 0 radical (unpaired) electrons. The normalized spacial score (nSPS) is 19.7. The van der Waals surface area contributed by atoms with Crippen LogP contribution in [0.4, 0.5) is 0 Å². The van der Waals surface area contributed by atoms with Gasteiger partial charge in [-0.3, -0.25) is 4.79 Å². The van der Waals surface area contributed by atoms with E-state index in [0.717, 1.165) is 32.1 Å². The number of hydrogen-bond donors (Lipinski definition) is 2. The molecular weight excluding hydrogens is 142 g/mol. The molecular formula is C8H15NO2. The fourth-order valence-corrected chi connectivity index (χ4v) is 1.33. The van der Waals surface area contributed by atoms with Gasteiger partial charge in [-0.05, 0) is 32.2 Å². The maximum Gasteiger partial charge on any atom is 0.309 e. The maximum absolute atomic E-state index is 10.6. The van der Waals surface area contributed by atoms with Gasteiger partial charge in [0.25, 0.3) is 0 Å². The van der Waals surface area contributed by atoms with Gasteiger partial charge in [0.05, 0.1) is 5.41 Å². The Morgan fingerprint density at radius 2 is 2.09 bits per heavy atom. The van der Waals surface area contributed by atoms with E-state index in [1.807, 2.05) is 0 Å². The second-order valence-corrected chi connectivity index (χ2v) is 3.33. The molecule has 0 bridgehead atoms. The fourth-order valence-electron chi connectivity index (χ4n) is 1.33. The van der Waals surface area contributed by atoms with E-state index in [2.05, 4.69) is 0 Å². The summed E-state index contributed by atoms with van der Waals surface area (Å²) in [6.07, 6.45) is 4.47. The van der Waals surface area contributed by atoms with E-state index in [9.17, 15) is 4.79 Å². The average molecular weight is 157 g/mol. The maximum atomic E-state index is 10.6. The summed E-state index contributed by atoms with van der Waals surface area (Å²) in [6, 6.07) is 0. The molecule has 1 aliphatic carbocycles. The first kappa shape index (κ1) is 8.53. The van der Waals surface area contributed by atoms with Crippen molar-refractivity contribution in [1.82, 2.24) is 0 Å². The van der Waals surface area contributed by atoms with Crippen LogP contribution in [0.5, 0.6) is 0 Å². The van der Waals surface area contributed by atoms with Crippen molar-refractivity contribution in [2.24, 2.45) is 11.1 Å². The average Bonchev–Trinajstić information content (AvgIpc) is 2.70. The molecule has 0 amide bonds. The minimum absolute atomic E-state index is 0.338. The van der Waals surface area contributed by atoms with Crippen LogP contribution in [0.2, 0.25) is 0 Å². The standard InChI is InChI=1S/C8H15NO2/c9-6-2-1-3-8(4-5-8)7(10)11/h1-6,9H2,(H,10,11). The molecule has 1 aliphatic rings. The highest BCUT2D eigenvalue weighted by atomic mass is 16.4. The molecule has 11 heavy (non-hydrogen) atoms. The largest absolute Gasteiger partial charge is 0.481 e. The van der Waals surface area contributed by atoms with Gasteiger partial charge in [-0.15, -0.1) is 0 Å². The van der Waals surface area contributed by atoms with E-state index >= 15 is 0 Å². The Kier molecular flexibility index (Phi) is 2.49. The molecule has 1 fully saturated rings. The van der Waals surface area contributed by atoms with E-state index < -0.39 is 5.97 Å². The van der Waals surface area contributed by atoms with Crippen LogP contribution in [-0.4, -0.2) is 17.6 Å². The van der Waals surface area contributed by atoms with Crippen LogP contribution in [0, 0.1) is 5.41 Å².